The molecular formula is C45H52ClN7O9S. The molecule has 4 amide bonds. The van der Waals surface area contributed by atoms with Gasteiger partial charge in [0.2, 0.25) is 17.8 Å². The van der Waals surface area contributed by atoms with Crippen molar-refractivity contribution in [3.8, 4) is 11.5 Å². The summed E-state index contributed by atoms with van der Waals surface area (Å²) in [7, 11) is -3.59. The molecule has 0 aliphatic carbocycles. The molecule has 16 nitrogen and oxygen atoms in total. The van der Waals surface area contributed by atoms with Crippen LogP contribution in [0, 0.1) is 6.92 Å². The van der Waals surface area contributed by atoms with E-state index in [9.17, 15) is 27.6 Å². The first-order valence-corrected chi connectivity index (χ1v) is 23.0. The van der Waals surface area contributed by atoms with Gasteiger partial charge in [-0.15, -0.1) is 0 Å². The molecule has 4 heterocycles. The maximum Gasteiger partial charge on any atom is 0.266 e. The molecule has 18 heteroatoms. The molecule has 1 unspecified atom stereocenters. The number of likely N-dealkylation sites (tertiary alicyclic amines) is 1. The van der Waals surface area contributed by atoms with Crippen LogP contribution in [0.2, 0.25) is 5.02 Å². The highest BCUT2D eigenvalue weighted by Gasteiger charge is 2.46. The number of anilines is 4. The lowest BCUT2D eigenvalue weighted by molar-refractivity contribution is -0.136. The first-order valence-electron chi connectivity index (χ1n) is 21.1. The molecule has 0 radical (unpaired) electrons. The average Bonchev–Trinajstić information content (AvgIpc) is 3.50. The number of carbonyl (C=O) groups excluding carboxylic acids is 4. The van der Waals surface area contributed by atoms with Crippen LogP contribution in [0.3, 0.4) is 0 Å². The van der Waals surface area contributed by atoms with E-state index in [2.05, 4.69) is 43.8 Å². The number of aromatic nitrogens is 2. The first-order chi connectivity index (χ1) is 30.1. The Morgan fingerprint density at radius 3 is 2.38 bits per heavy atom. The molecule has 0 bridgehead atoms. The second kappa shape index (κ2) is 19.4. The number of sulfone groups is 1. The lowest BCUT2D eigenvalue weighted by Gasteiger charge is -2.33. The minimum absolute atomic E-state index is 0.0449. The van der Waals surface area contributed by atoms with E-state index in [0.29, 0.717) is 29.6 Å². The molecule has 3 aliphatic heterocycles. The average molecular weight is 902 g/mol. The number of piperidine rings is 2. The van der Waals surface area contributed by atoms with Gasteiger partial charge >= 0.3 is 0 Å². The van der Waals surface area contributed by atoms with Crippen molar-refractivity contribution in [2.45, 2.75) is 88.5 Å². The van der Waals surface area contributed by atoms with Gasteiger partial charge in [-0.25, -0.2) is 13.4 Å². The Morgan fingerprint density at radius 1 is 0.889 bits per heavy atom. The highest BCUT2D eigenvalue weighted by Crippen LogP contribution is 2.39. The van der Waals surface area contributed by atoms with Gasteiger partial charge in [0.05, 0.1) is 58.2 Å². The molecule has 2 fully saturated rings. The highest BCUT2D eigenvalue weighted by molar-refractivity contribution is 7.92. The Labute approximate surface area is 372 Å². The molecule has 3 aliphatic rings. The second-order valence-electron chi connectivity index (χ2n) is 16.3. The summed E-state index contributed by atoms with van der Waals surface area (Å²) in [6.07, 6.45) is 3.37. The van der Waals surface area contributed by atoms with Gasteiger partial charge in [-0.05, 0) is 120 Å². The van der Waals surface area contributed by atoms with Gasteiger partial charge < -0.3 is 29.7 Å². The third-order valence-corrected chi connectivity index (χ3v) is 13.8. The van der Waals surface area contributed by atoms with Crippen molar-refractivity contribution in [3.05, 3.63) is 88.1 Å². The van der Waals surface area contributed by atoms with E-state index < -0.39 is 44.8 Å². The van der Waals surface area contributed by atoms with Gasteiger partial charge in [0.1, 0.15) is 29.2 Å². The van der Waals surface area contributed by atoms with Crippen molar-refractivity contribution in [2.75, 3.05) is 50.1 Å². The normalized spacial score (nSPS) is 17.3. The Kier molecular flexibility index (Phi) is 14.0. The summed E-state index contributed by atoms with van der Waals surface area (Å²) in [5.74, 6) is -0.572. The molecular weight excluding hydrogens is 850 g/mol. The lowest BCUT2D eigenvalue weighted by Crippen LogP contribution is -2.54. The molecule has 1 aromatic heterocycles. The van der Waals surface area contributed by atoms with E-state index in [1.165, 1.54) is 17.8 Å². The van der Waals surface area contributed by atoms with Crippen LogP contribution in [-0.4, -0.2) is 109 Å². The van der Waals surface area contributed by atoms with E-state index in [4.69, 9.17) is 25.8 Å². The van der Waals surface area contributed by atoms with E-state index in [1.54, 1.807) is 50.2 Å². The zero-order valence-corrected chi connectivity index (χ0v) is 37.5. The first kappa shape index (κ1) is 45.4. The number of para-hydroxylation sites is 1. The molecule has 334 valence electrons. The van der Waals surface area contributed by atoms with Crippen LogP contribution in [0.15, 0.2) is 65.7 Å². The third kappa shape index (κ3) is 10.1. The Bertz CT molecular complexity index is 2510. The van der Waals surface area contributed by atoms with Crippen LogP contribution in [0.4, 0.5) is 23.1 Å². The van der Waals surface area contributed by atoms with Gasteiger partial charge in [0.25, 0.3) is 11.8 Å². The topological polar surface area (TPSA) is 198 Å². The Balaban J connectivity index is 0.914. The summed E-state index contributed by atoms with van der Waals surface area (Å²) in [5.41, 5.74) is 3.62. The van der Waals surface area contributed by atoms with E-state index in [0.717, 1.165) is 42.9 Å². The Morgan fingerprint density at radius 2 is 1.65 bits per heavy atom. The number of rotatable bonds is 17. The standard InChI is InChI=1S/C45H52ClN7O9S/c1-26(2)62-37-24-31(28(5)23-34(37)49-45-47-25-32(46)41(51-45)48-33-10-6-7-12-38(33)63(58,59)27(3)4)29-15-17-52(18-16-29)19-20-60-21-22-61-36-11-8-9-30-40(36)44(57)53(43(30)56)35-13-14-39(54)50-42(35)55/h6-12,23-27,29,35H,13-22H2,1-5H3,(H,50,54,55)(H2,47,48,49,51). The van der Waals surface area contributed by atoms with Crippen LogP contribution >= 0.6 is 11.6 Å². The van der Waals surface area contributed by atoms with Crippen molar-refractivity contribution in [1.29, 1.82) is 0 Å². The van der Waals surface area contributed by atoms with Gasteiger partial charge in [0.15, 0.2) is 15.7 Å². The fraction of sp³-hybridized carbons (Fsp3) is 0.422. The third-order valence-electron chi connectivity index (χ3n) is 11.3. The second-order valence-corrected chi connectivity index (χ2v) is 19.2. The number of imide groups is 2. The maximum atomic E-state index is 13.3. The monoisotopic (exact) mass is 901 g/mol. The molecule has 3 N–H and O–H groups in total. The minimum Gasteiger partial charge on any atom is -0.490 e. The van der Waals surface area contributed by atoms with Crippen molar-refractivity contribution in [1.82, 2.24) is 25.1 Å². The van der Waals surface area contributed by atoms with Crippen molar-refractivity contribution in [3.63, 3.8) is 0 Å². The van der Waals surface area contributed by atoms with Crippen molar-refractivity contribution >= 4 is 68.2 Å². The molecule has 1 atom stereocenters. The van der Waals surface area contributed by atoms with Crippen molar-refractivity contribution in [2.24, 2.45) is 0 Å². The smallest absolute Gasteiger partial charge is 0.266 e. The van der Waals surface area contributed by atoms with Gasteiger partial charge in [-0.3, -0.25) is 29.4 Å². The SMILES string of the molecule is Cc1cc(Nc2ncc(Cl)c(Nc3ccccc3S(=O)(=O)C(C)C)n2)c(OC(C)C)cc1C1CCN(CCOCCOc2cccc3c2C(=O)N(C2CCC(=O)NC2=O)C3=O)CC1. The zero-order chi connectivity index (χ0) is 45.0. The zero-order valence-electron chi connectivity index (χ0n) is 35.9. The predicted octanol–water partition coefficient (Wildman–Crippen LogP) is 6.57. The summed E-state index contributed by atoms with van der Waals surface area (Å²) in [4.78, 5) is 63.0. The Hall–Kier alpha value is -5.62. The number of nitrogens with one attached hydrogen (secondary N) is 3. The van der Waals surface area contributed by atoms with Crippen LogP contribution in [0.5, 0.6) is 11.5 Å². The van der Waals surface area contributed by atoms with Gasteiger partial charge in [-0.2, -0.15) is 4.98 Å². The highest BCUT2D eigenvalue weighted by atomic mass is 35.5. The maximum absolute atomic E-state index is 13.3. The van der Waals surface area contributed by atoms with Crippen LogP contribution in [0.25, 0.3) is 0 Å². The van der Waals surface area contributed by atoms with Crippen molar-refractivity contribution < 1.29 is 41.8 Å². The molecule has 63 heavy (non-hydrogen) atoms. The summed E-state index contributed by atoms with van der Waals surface area (Å²) in [6, 6.07) is 14.5. The number of hydrogen-bond donors (Lipinski definition) is 3. The van der Waals surface area contributed by atoms with E-state index >= 15 is 0 Å². The van der Waals surface area contributed by atoms with Crippen LogP contribution in [0.1, 0.15) is 91.1 Å². The van der Waals surface area contributed by atoms with E-state index in [-0.39, 0.29) is 70.7 Å². The quantitative estimate of drug-likeness (QED) is 0.0760. The number of aryl methyl sites for hydroxylation is 1. The summed E-state index contributed by atoms with van der Waals surface area (Å²) >= 11 is 6.50. The molecule has 4 aromatic rings. The molecule has 2 saturated heterocycles. The fourth-order valence-corrected chi connectivity index (χ4v) is 9.35. The number of carbonyl (C=O) groups is 4. The molecule has 7 rings (SSSR count). The number of amides is 4. The van der Waals surface area contributed by atoms with Gasteiger partial charge in [-0.1, -0.05) is 29.8 Å². The predicted molar refractivity (Wildman–Crippen MR) is 237 cm³/mol. The number of fused-ring (bicyclic) bond motifs is 1. The molecule has 3 aromatic carbocycles. The van der Waals surface area contributed by atoms with E-state index in [1.807, 2.05) is 19.9 Å². The van der Waals surface area contributed by atoms with Crippen LogP contribution in [-0.2, 0) is 24.2 Å². The molecule has 0 saturated carbocycles. The van der Waals surface area contributed by atoms with Crippen LogP contribution < -0.4 is 25.4 Å². The summed E-state index contributed by atoms with van der Waals surface area (Å²) in [5, 5.41) is 8.22. The largest absolute Gasteiger partial charge is 0.490 e. The summed E-state index contributed by atoms with van der Waals surface area (Å²) in [6.45, 7) is 12.7. The number of halogens is 1. The number of nitrogens with zero attached hydrogens (tertiary/aromatic N) is 4. The number of ether oxygens (including phenoxy) is 3. The van der Waals surface area contributed by atoms with Gasteiger partial charge in [0, 0.05) is 13.0 Å². The minimum atomic E-state index is -3.59. The fourth-order valence-electron chi connectivity index (χ4n) is 8.01. The number of hydrogen-bond acceptors (Lipinski definition) is 14. The lowest BCUT2D eigenvalue weighted by atomic mass is 9.86. The number of benzene rings is 3. The summed E-state index contributed by atoms with van der Waals surface area (Å²) < 4.78 is 44.3. The molecule has 0 spiro atoms.